The maximum Gasteiger partial charge on any atom is 0.309 e. The number of rotatable bonds is 6. The zero-order valence-electron chi connectivity index (χ0n) is 20.1. The number of benzene rings is 2. The summed E-state index contributed by atoms with van der Waals surface area (Å²) in [5.41, 5.74) is 5.35. The monoisotopic (exact) mass is 481 g/mol. The van der Waals surface area contributed by atoms with Crippen LogP contribution in [0.5, 0.6) is 0 Å². The number of hydrogen-bond acceptors (Lipinski definition) is 5. The fourth-order valence-electron chi connectivity index (χ4n) is 4.74. The maximum atomic E-state index is 13.5. The lowest BCUT2D eigenvalue weighted by Crippen LogP contribution is -2.43. The first-order valence-electron chi connectivity index (χ1n) is 12.0. The molecule has 1 fully saturated rings. The molecular weight excluding hydrogens is 450 g/mol. The average Bonchev–Trinajstić information content (AvgIpc) is 3.27. The van der Waals surface area contributed by atoms with Crippen molar-refractivity contribution >= 4 is 29.2 Å². The second-order valence-corrected chi connectivity index (χ2v) is 9.61. The second kappa shape index (κ2) is 10.7. The summed E-state index contributed by atoms with van der Waals surface area (Å²) < 4.78 is 5.16. The number of carbonyl (C=O) groups excluding carboxylic acids is 2. The third-order valence-electron chi connectivity index (χ3n) is 6.69. The van der Waals surface area contributed by atoms with Gasteiger partial charge in [0.2, 0.25) is 0 Å². The Hall–Kier alpha value is -2.70. The SMILES string of the molecule is CCOC(=O)C1CCN(CC(=O)N2N=C(c3cc(C)ccc3C)CC2c2ccc(Cl)cc2)CC1. The molecule has 6 nitrogen and oxygen atoms in total. The molecule has 0 aromatic heterocycles. The van der Waals surface area contributed by atoms with E-state index in [9.17, 15) is 9.59 Å². The second-order valence-electron chi connectivity index (χ2n) is 9.18. The first-order valence-corrected chi connectivity index (χ1v) is 12.3. The van der Waals surface area contributed by atoms with Crippen LogP contribution in [-0.4, -0.2) is 53.7 Å². The lowest BCUT2D eigenvalue weighted by atomic mass is 9.95. The Labute approximate surface area is 206 Å². The zero-order chi connectivity index (χ0) is 24.2. The standard InChI is InChI=1S/C27H32ClN3O3/c1-4-34-27(33)21-11-13-30(14-12-21)17-26(32)31-25(20-7-9-22(28)10-8-20)16-24(29-31)23-15-18(2)5-6-19(23)3/h5-10,15,21,25H,4,11-14,16-17H2,1-3H3. The highest BCUT2D eigenvalue weighted by Gasteiger charge is 2.35. The molecule has 180 valence electrons. The Morgan fingerprint density at radius 2 is 1.79 bits per heavy atom. The Bertz CT molecular complexity index is 1080. The molecule has 2 aliphatic rings. The number of amides is 1. The third-order valence-corrected chi connectivity index (χ3v) is 6.94. The summed E-state index contributed by atoms with van der Waals surface area (Å²) in [4.78, 5) is 27.6. The maximum absolute atomic E-state index is 13.5. The van der Waals surface area contributed by atoms with E-state index in [2.05, 4.69) is 36.9 Å². The van der Waals surface area contributed by atoms with Crippen LogP contribution in [0.3, 0.4) is 0 Å². The van der Waals surface area contributed by atoms with Gasteiger partial charge in [-0.05, 0) is 76.0 Å². The summed E-state index contributed by atoms with van der Waals surface area (Å²) in [6.45, 7) is 8.05. The number of carbonyl (C=O) groups is 2. The van der Waals surface area contributed by atoms with E-state index in [-0.39, 0.29) is 30.4 Å². The summed E-state index contributed by atoms with van der Waals surface area (Å²) in [5, 5.41) is 7.16. The normalized spacial score (nSPS) is 19.2. The molecular formula is C27H32ClN3O3. The molecule has 1 unspecified atom stereocenters. The van der Waals surface area contributed by atoms with Crippen LogP contribution in [0.15, 0.2) is 47.6 Å². The molecule has 0 bridgehead atoms. The van der Waals surface area contributed by atoms with Gasteiger partial charge in [-0.25, -0.2) is 5.01 Å². The summed E-state index contributed by atoms with van der Waals surface area (Å²) in [6.07, 6.45) is 2.08. The number of ether oxygens (including phenoxy) is 1. The molecule has 4 rings (SSSR count). The number of hydrazone groups is 1. The molecule has 2 aromatic rings. The number of esters is 1. The van der Waals surface area contributed by atoms with Gasteiger partial charge in [0.05, 0.1) is 30.8 Å². The van der Waals surface area contributed by atoms with Crippen LogP contribution in [0.2, 0.25) is 5.02 Å². The molecule has 34 heavy (non-hydrogen) atoms. The van der Waals surface area contributed by atoms with Crippen LogP contribution in [0.4, 0.5) is 0 Å². The number of nitrogens with zero attached hydrogens (tertiary/aromatic N) is 3. The van der Waals surface area contributed by atoms with Gasteiger partial charge in [0.15, 0.2) is 0 Å². The Morgan fingerprint density at radius 1 is 1.09 bits per heavy atom. The van der Waals surface area contributed by atoms with Gasteiger partial charge in [-0.3, -0.25) is 14.5 Å². The van der Waals surface area contributed by atoms with Crippen LogP contribution < -0.4 is 0 Å². The van der Waals surface area contributed by atoms with Crippen molar-refractivity contribution in [2.45, 2.75) is 46.1 Å². The summed E-state index contributed by atoms with van der Waals surface area (Å²) in [6, 6.07) is 13.8. The van der Waals surface area contributed by atoms with Crippen molar-refractivity contribution in [1.29, 1.82) is 0 Å². The highest BCUT2D eigenvalue weighted by atomic mass is 35.5. The molecule has 0 N–H and O–H groups in total. The van der Waals surface area contributed by atoms with E-state index >= 15 is 0 Å². The fraction of sp³-hybridized carbons (Fsp3) is 0.444. The van der Waals surface area contributed by atoms with Gasteiger partial charge in [-0.1, -0.05) is 41.4 Å². The van der Waals surface area contributed by atoms with Gasteiger partial charge >= 0.3 is 5.97 Å². The molecule has 2 heterocycles. The topological polar surface area (TPSA) is 62.2 Å². The van der Waals surface area contributed by atoms with Crippen LogP contribution in [-0.2, 0) is 14.3 Å². The predicted octanol–water partition coefficient (Wildman–Crippen LogP) is 4.91. The van der Waals surface area contributed by atoms with Crippen LogP contribution in [0.1, 0.15) is 54.5 Å². The average molecular weight is 482 g/mol. The van der Waals surface area contributed by atoms with Gasteiger partial charge in [-0.2, -0.15) is 5.10 Å². The minimum Gasteiger partial charge on any atom is -0.466 e. The van der Waals surface area contributed by atoms with Crippen LogP contribution in [0, 0.1) is 19.8 Å². The van der Waals surface area contributed by atoms with Crippen molar-refractivity contribution in [1.82, 2.24) is 9.91 Å². The highest BCUT2D eigenvalue weighted by molar-refractivity contribution is 6.30. The molecule has 1 amide bonds. The molecule has 1 atom stereocenters. The third kappa shape index (κ3) is 5.50. The smallest absolute Gasteiger partial charge is 0.309 e. The molecule has 0 spiro atoms. The zero-order valence-corrected chi connectivity index (χ0v) is 20.8. The van der Waals surface area contributed by atoms with E-state index in [1.807, 2.05) is 31.2 Å². The van der Waals surface area contributed by atoms with Crippen molar-refractivity contribution in [2.24, 2.45) is 11.0 Å². The largest absolute Gasteiger partial charge is 0.466 e. The van der Waals surface area contributed by atoms with Crippen molar-refractivity contribution in [3.05, 3.63) is 69.7 Å². The molecule has 2 aromatic carbocycles. The number of piperidine rings is 1. The molecule has 2 aliphatic heterocycles. The summed E-state index contributed by atoms with van der Waals surface area (Å²) >= 11 is 6.11. The lowest BCUT2D eigenvalue weighted by molar-refractivity contribution is -0.149. The van der Waals surface area contributed by atoms with Gasteiger partial charge in [-0.15, -0.1) is 0 Å². The minimum atomic E-state index is -0.170. The van der Waals surface area contributed by atoms with Gasteiger partial charge in [0.1, 0.15) is 0 Å². The highest BCUT2D eigenvalue weighted by Crippen LogP contribution is 2.34. The van der Waals surface area contributed by atoms with Gasteiger partial charge in [0, 0.05) is 17.0 Å². The number of likely N-dealkylation sites (tertiary alicyclic amines) is 1. The molecule has 0 radical (unpaired) electrons. The van der Waals surface area contributed by atoms with Crippen molar-refractivity contribution in [3.8, 4) is 0 Å². The molecule has 7 heteroatoms. The van der Waals surface area contributed by atoms with E-state index in [0.717, 1.165) is 22.4 Å². The van der Waals surface area contributed by atoms with Crippen molar-refractivity contribution in [3.63, 3.8) is 0 Å². The van der Waals surface area contributed by atoms with E-state index in [1.165, 1.54) is 5.56 Å². The van der Waals surface area contributed by atoms with Crippen molar-refractivity contribution < 1.29 is 14.3 Å². The molecule has 0 aliphatic carbocycles. The summed E-state index contributed by atoms with van der Waals surface area (Å²) in [5.74, 6) is -0.234. The van der Waals surface area contributed by atoms with Crippen molar-refractivity contribution in [2.75, 3.05) is 26.2 Å². The van der Waals surface area contributed by atoms with E-state index in [0.29, 0.717) is 44.0 Å². The molecule has 0 saturated carbocycles. The van der Waals surface area contributed by atoms with Gasteiger partial charge < -0.3 is 4.74 Å². The number of halogens is 1. The Kier molecular flexibility index (Phi) is 7.69. The Balaban J connectivity index is 1.52. The van der Waals surface area contributed by atoms with E-state index in [4.69, 9.17) is 21.4 Å². The first-order chi connectivity index (χ1) is 16.4. The lowest BCUT2D eigenvalue weighted by Gasteiger charge is -2.31. The quantitative estimate of drug-likeness (QED) is 0.550. The van der Waals surface area contributed by atoms with Gasteiger partial charge in [0.25, 0.3) is 5.91 Å². The van der Waals surface area contributed by atoms with Crippen LogP contribution in [0.25, 0.3) is 0 Å². The van der Waals surface area contributed by atoms with Crippen LogP contribution >= 0.6 is 11.6 Å². The number of aryl methyl sites for hydroxylation is 2. The summed E-state index contributed by atoms with van der Waals surface area (Å²) in [7, 11) is 0. The predicted molar refractivity (Wildman–Crippen MR) is 134 cm³/mol. The van der Waals surface area contributed by atoms with E-state index in [1.54, 1.807) is 5.01 Å². The first kappa shape index (κ1) is 24.4. The number of hydrogen-bond donors (Lipinski definition) is 0. The van der Waals surface area contributed by atoms with E-state index < -0.39 is 0 Å². The fourth-order valence-corrected chi connectivity index (χ4v) is 4.87. The molecule has 1 saturated heterocycles. The minimum absolute atomic E-state index is 0.0326. The Morgan fingerprint density at radius 3 is 2.47 bits per heavy atom.